The summed E-state index contributed by atoms with van der Waals surface area (Å²) in [5.74, 6) is -0.181. The molecule has 0 radical (unpaired) electrons. The predicted octanol–water partition coefficient (Wildman–Crippen LogP) is 5.09. The van der Waals surface area contributed by atoms with E-state index in [1.807, 2.05) is 47.4 Å². The van der Waals surface area contributed by atoms with E-state index in [9.17, 15) is 9.18 Å². The number of carbonyl (C=O) groups is 1. The van der Waals surface area contributed by atoms with Gasteiger partial charge in [0, 0.05) is 6.04 Å². The molecule has 4 heteroatoms. The number of ether oxygens (including phenoxy) is 1. The van der Waals surface area contributed by atoms with E-state index >= 15 is 0 Å². The van der Waals surface area contributed by atoms with Crippen molar-refractivity contribution in [1.82, 2.24) is 4.90 Å². The van der Waals surface area contributed by atoms with Crippen molar-refractivity contribution >= 4 is 11.7 Å². The van der Waals surface area contributed by atoms with E-state index in [4.69, 9.17) is 4.74 Å². The molecule has 2 aliphatic rings. The summed E-state index contributed by atoms with van der Waals surface area (Å²) in [5, 5.41) is 0. The van der Waals surface area contributed by atoms with Crippen LogP contribution in [0.1, 0.15) is 36.0 Å². The first kappa shape index (κ1) is 16.8. The highest BCUT2D eigenvalue weighted by atomic mass is 19.1. The van der Waals surface area contributed by atoms with Crippen molar-refractivity contribution in [3.63, 3.8) is 0 Å². The monoisotopic (exact) mass is 351 g/mol. The van der Waals surface area contributed by atoms with E-state index in [1.54, 1.807) is 6.92 Å². The van der Waals surface area contributed by atoms with E-state index in [-0.39, 0.29) is 24.0 Å². The average molecular weight is 351 g/mol. The summed E-state index contributed by atoms with van der Waals surface area (Å²) >= 11 is 0. The molecular formula is C22H22FNO2. The normalized spacial score (nSPS) is 21.5. The van der Waals surface area contributed by atoms with Crippen molar-refractivity contribution in [3.8, 4) is 0 Å². The molecule has 1 amide bonds. The first-order chi connectivity index (χ1) is 12.6. The highest BCUT2D eigenvalue weighted by Gasteiger charge is 2.40. The Morgan fingerprint density at radius 3 is 2.73 bits per heavy atom. The Kier molecular flexibility index (Phi) is 4.49. The SMILES string of the molecule is Cc1cc(C2=CC3CCC(C2)N3C(=O)OCc2ccccc2)ccc1F. The summed E-state index contributed by atoms with van der Waals surface area (Å²) in [6.07, 6.45) is 4.63. The predicted molar refractivity (Wildman–Crippen MR) is 99.0 cm³/mol. The first-order valence-corrected chi connectivity index (χ1v) is 9.08. The van der Waals surface area contributed by atoms with Gasteiger partial charge in [-0.25, -0.2) is 9.18 Å². The minimum absolute atomic E-state index is 0.0670. The van der Waals surface area contributed by atoms with E-state index < -0.39 is 0 Å². The number of benzene rings is 2. The minimum Gasteiger partial charge on any atom is -0.445 e. The molecule has 3 nitrogen and oxygen atoms in total. The molecule has 2 aromatic carbocycles. The van der Waals surface area contributed by atoms with Gasteiger partial charge in [0.2, 0.25) is 0 Å². The van der Waals surface area contributed by atoms with Gasteiger partial charge in [-0.3, -0.25) is 4.90 Å². The Morgan fingerprint density at radius 2 is 2.00 bits per heavy atom. The Bertz CT molecular complexity index is 846. The van der Waals surface area contributed by atoms with E-state index in [0.29, 0.717) is 12.2 Å². The largest absolute Gasteiger partial charge is 0.445 e. The molecule has 0 saturated carbocycles. The molecular weight excluding hydrogens is 329 g/mol. The number of halogens is 1. The van der Waals surface area contributed by atoms with Crippen molar-refractivity contribution in [3.05, 3.63) is 77.1 Å². The molecule has 0 aliphatic carbocycles. The van der Waals surface area contributed by atoms with Crippen LogP contribution in [0.5, 0.6) is 0 Å². The summed E-state index contributed by atoms with van der Waals surface area (Å²) in [5.41, 5.74) is 3.90. The number of carbonyl (C=O) groups excluding carboxylic acids is 1. The highest BCUT2D eigenvalue weighted by Crippen LogP contribution is 2.39. The Morgan fingerprint density at radius 1 is 1.19 bits per heavy atom. The number of fused-ring (bicyclic) bond motifs is 2. The van der Waals surface area contributed by atoms with Crippen molar-refractivity contribution < 1.29 is 13.9 Å². The fraction of sp³-hybridized carbons (Fsp3) is 0.318. The van der Waals surface area contributed by atoms with E-state index in [1.165, 1.54) is 11.6 Å². The van der Waals surface area contributed by atoms with Gasteiger partial charge in [0.25, 0.3) is 0 Å². The van der Waals surface area contributed by atoms with Crippen LogP contribution in [-0.4, -0.2) is 23.1 Å². The van der Waals surface area contributed by atoms with Gasteiger partial charge in [-0.05, 0) is 60.6 Å². The van der Waals surface area contributed by atoms with Gasteiger partial charge in [0.15, 0.2) is 0 Å². The quantitative estimate of drug-likeness (QED) is 0.771. The molecule has 2 unspecified atom stereocenters. The molecule has 2 heterocycles. The highest BCUT2D eigenvalue weighted by molar-refractivity contribution is 5.75. The maximum absolute atomic E-state index is 13.5. The van der Waals surface area contributed by atoms with Gasteiger partial charge in [-0.15, -0.1) is 0 Å². The molecule has 1 fully saturated rings. The van der Waals surface area contributed by atoms with E-state index in [2.05, 4.69) is 6.08 Å². The van der Waals surface area contributed by atoms with Crippen LogP contribution in [0.4, 0.5) is 9.18 Å². The Balaban J connectivity index is 1.47. The van der Waals surface area contributed by atoms with Crippen LogP contribution in [0.25, 0.3) is 5.57 Å². The number of aryl methyl sites for hydroxylation is 1. The summed E-state index contributed by atoms with van der Waals surface area (Å²) < 4.78 is 19.1. The number of rotatable bonds is 3. The van der Waals surface area contributed by atoms with Gasteiger partial charge in [-0.1, -0.05) is 42.5 Å². The van der Waals surface area contributed by atoms with Crippen LogP contribution in [0.15, 0.2) is 54.6 Å². The van der Waals surface area contributed by atoms with Crippen LogP contribution < -0.4 is 0 Å². The Hall–Kier alpha value is -2.62. The maximum Gasteiger partial charge on any atom is 0.410 e. The molecule has 2 aliphatic heterocycles. The van der Waals surface area contributed by atoms with Gasteiger partial charge < -0.3 is 4.74 Å². The smallest absolute Gasteiger partial charge is 0.410 e. The third-order valence-electron chi connectivity index (χ3n) is 5.34. The molecule has 26 heavy (non-hydrogen) atoms. The van der Waals surface area contributed by atoms with Crippen molar-refractivity contribution in [2.45, 2.75) is 44.9 Å². The second-order valence-electron chi connectivity index (χ2n) is 7.11. The van der Waals surface area contributed by atoms with Crippen LogP contribution in [0, 0.1) is 12.7 Å². The summed E-state index contributed by atoms with van der Waals surface area (Å²) in [6.45, 7) is 2.08. The molecule has 2 aromatic rings. The van der Waals surface area contributed by atoms with Crippen molar-refractivity contribution in [1.29, 1.82) is 0 Å². The second-order valence-corrected chi connectivity index (χ2v) is 7.11. The molecule has 0 aromatic heterocycles. The first-order valence-electron chi connectivity index (χ1n) is 9.08. The lowest BCUT2D eigenvalue weighted by atomic mass is 9.94. The fourth-order valence-corrected chi connectivity index (χ4v) is 3.97. The third-order valence-corrected chi connectivity index (χ3v) is 5.34. The molecule has 134 valence electrons. The van der Waals surface area contributed by atoms with Crippen LogP contribution >= 0.6 is 0 Å². The summed E-state index contributed by atoms with van der Waals surface area (Å²) in [7, 11) is 0. The average Bonchev–Trinajstić information content (AvgIpc) is 2.92. The van der Waals surface area contributed by atoms with Crippen molar-refractivity contribution in [2.75, 3.05) is 0 Å². The zero-order valence-corrected chi connectivity index (χ0v) is 14.8. The Labute approximate surface area is 153 Å². The maximum atomic E-state index is 13.5. The van der Waals surface area contributed by atoms with Crippen LogP contribution in [0.2, 0.25) is 0 Å². The van der Waals surface area contributed by atoms with Crippen LogP contribution in [-0.2, 0) is 11.3 Å². The summed E-state index contributed by atoms with van der Waals surface area (Å²) in [6, 6.07) is 15.2. The number of amides is 1. The van der Waals surface area contributed by atoms with Gasteiger partial charge in [-0.2, -0.15) is 0 Å². The zero-order valence-electron chi connectivity index (χ0n) is 14.8. The van der Waals surface area contributed by atoms with Crippen molar-refractivity contribution in [2.24, 2.45) is 0 Å². The lowest BCUT2D eigenvalue weighted by Crippen LogP contribution is -2.43. The zero-order chi connectivity index (χ0) is 18.1. The molecule has 2 atom stereocenters. The van der Waals surface area contributed by atoms with Gasteiger partial charge in [0.05, 0.1) is 6.04 Å². The number of nitrogens with zero attached hydrogens (tertiary/aromatic N) is 1. The summed E-state index contributed by atoms with van der Waals surface area (Å²) in [4.78, 5) is 14.5. The number of hydrogen-bond donors (Lipinski definition) is 0. The second kappa shape index (κ2) is 6.94. The fourth-order valence-electron chi connectivity index (χ4n) is 3.97. The van der Waals surface area contributed by atoms with Gasteiger partial charge in [0.1, 0.15) is 12.4 Å². The lowest BCUT2D eigenvalue weighted by molar-refractivity contribution is 0.0832. The van der Waals surface area contributed by atoms with E-state index in [0.717, 1.165) is 30.4 Å². The lowest BCUT2D eigenvalue weighted by Gasteiger charge is -2.33. The molecule has 0 spiro atoms. The standard InChI is InChI=1S/C22H22FNO2/c1-15-11-17(7-10-21(15)23)18-12-19-8-9-20(13-18)24(19)22(25)26-14-16-5-3-2-4-6-16/h2-7,10-12,19-20H,8-9,13-14H2,1H3. The molecule has 1 saturated heterocycles. The topological polar surface area (TPSA) is 29.5 Å². The van der Waals surface area contributed by atoms with Crippen LogP contribution in [0.3, 0.4) is 0 Å². The molecule has 0 N–H and O–H groups in total. The third kappa shape index (κ3) is 3.24. The number of hydrogen-bond acceptors (Lipinski definition) is 2. The molecule has 2 bridgehead atoms. The van der Waals surface area contributed by atoms with Gasteiger partial charge >= 0.3 is 6.09 Å². The minimum atomic E-state index is -0.244. The molecule has 4 rings (SSSR count).